The molecule has 0 unspecified atom stereocenters. The Kier molecular flexibility index (Phi) is 5.87. The summed E-state index contributed by atoms with van der Waals surface area (Å²) in [5.74, 6) is 0.662. The molecule has 0 aliphatic carbocycles. The van der Waals surface area contributed by atoms with E-state index in [1.807, 2.05) is 18.9 Å². The summed E-state index contributed by atoms with van der Waals surface area (Å²) in [4.78, 5) is 17.0. The molecule has 5 heteroatoms. The van der Waals surface area contributed by atoms with Crippen molar-refractivity contribution < 1.29 is 4.79 Å². The number of H-pyrrole nitrogens is 1. The fourth-order valence-electron chi connectivity index (χ4n) is 3.61. The number of aromatic nitrogens is 2. The summed E-state index contributed by atoms with van der Waals surface area (Å²) < 4.78 is 0. The molecule has 3 rings (SSSR count). The van der Waals surface area contributed by atoms with E-state index in [9.17, 15) is 4.79 Å². The number of hydrogen-bond donors (Lipinski definition) is 1. The highest BCUT2D eigenvalue weighted by molar-refractivity contribution is 5.94. The third-order valence-electron chi connectivity index (χ3n) is 5.14. The second kappa shape index (κ2) is 8.30. The lowest BCUT2D eigenvalue weighted by Crippen LogP contribution is -2.39. The van der Waals surface area contributed by atoms with Crippen molar-refractivity contribution in [1.29, 1.82) is 0 Å². The van der Waals surface area contributed by atoms with Crippen molar-refractivity contribution in [3.63, 3.8) is 0 Å². The van der Waals surface area contributed by atoms with E-state index in [-0.39, 0.29) is 5.91 Å². The van der Waals surface area contributed by atoms with Gasteiger partial charge in [-0.05, 0) is 43.8 Å². The number of aromatic amines is 1. The third kappa shape index (κ3) is 4.48. The number of amides is 1. The van der Waals surface area contributed by atoms with Crippen molar-refractivity contribution in [3.05, 3.63) is 53.3 Å². The van der Waals surface area contributed by atoms with Crippen molar-refractivity contribution in [2.24, 2.45) is 5.92 Å². The SMILES string of the molecule is CCc1[nH]ncc1C(=O)N(C)CC1CCN(Cc2ccccc2)CC1. The molecule has 134 valence electrons. The van der Waals surface area contributed by atoms with Gasteiger partial charge in [0.05, 0.1) is 11.8 Å². The molecule has 5 nitrogen and oxygen atoms in total. The smallest absolute Gasteiger partial charge is 0.257 e. The maximum Gasteiger partial charge on any atom is 0.257 e. The van der Waals surface area contributed by atoms with Crippen LogP contribution in [0.25, 0.3) is 0 Å². The summed E-state index contributed by atoms with van der Waals surface area (Å²) in [7, 11) is 1.91. The molecule has 0 radical (unpaired) electrons. The quantitative estimate of drug-likeness (QED) is 0.879. The van der Waals surface area contributed by atoms with Crippen molar-refractivity contribution in [2.45, 2.75) is 32.7 Å². The summed E-state index contributed by atoms with van der Waals surface area (Å²) in [5.41, 5.74) is 3.02. The van der Waals surface area contributed by atoms with E-state index in [1.165, 1.54) is 5.56 Å². The summed E-state index contributed by atoms with van der Waals surface area (Å²) in [6.45, 7) is 6.09. The predicted octanol–water partition coefficient (Wildman–Crippen LogP) is 2.96. The van der Waals surface area contributed by atoms with Gasteiger partial charge >= 0.3 is 0 Å². The number of nitrogens with zero attached hydrogens (tertiary/aromatic N) is 3. The van der Waals surface area contributed by atoms with Crippen LogP contribution in [0.4, 0.5) is 0 Å². The zero-order chi connectivity index (χ0) is 17.6. The van der Waals surface area contributed by atoms with Gasteiger partial charge in [0.2, 0.25) is 0 Å². The van der Waals surface area contributed by atoms with Crippen molar-refractivity contribution in [3.8, 4) is 0 Å². The summed E-state index contributed by atoms with van der Waals surface area (Å²) in [6.07, 6.45) is 4.75. The summed E-state index contributed by atoms with van der Waals surface area (Å²) in [5, 5.41) is 6.93. The van der Waals surface area contributed by atoms with E-state index in [2.05, 4.69) is 45.4 Å². The maximum atomic E-state index is 12.6. The Hall–Kier alpha value is -2.14. The van der Waals surface area contributed by atoms with Gasteiger partial charge in [-0.25, -0.2) is 0 Å². The van der Waals surface area contributed by atoms with Gasteiger partial charge in [0.1, 0.15) is 0 Å². The maximum absolute atomic E-state index is 12.6. The molecule has 1 aromatic carbocycles. The van der Waals surface area contributed by atoms with Crippen LogP contribution in [0.1, 0.15) is 41.4 Å². The average Bonchev–Trinajstić information content (AvgIpc) is 3.12. The number of piperidine rings is 1. The highest BCUT2D eigenvalue weighted by Gasteiger charge is 2.24. The molecule has 1 aromatic heterocycles. The molecule has 1 aliphatic rings. The lowest BCUT2D eigenvalue weighted by molar-refractivity contribution is 0.0736. The number of carbonyl (C=O) groups is 1. The third-order valence-corrected chi connectivity index (χ3v) is 5.14. The van der Waals surface area contributed by atoms with Gasteiger partial charge in [-0.15, -0.1) is 0 Å². The first-order valence-electron chi connectivity index (χ1n) is 9.21. The number of rotatable bonds is 6. The van der Waals surface area contributed by atoms with Gasteiger partial charge in [-0.1, -0.05) is 37.3 Å². The minimum absolute atomic E-state index is 0.0808. The zero-order valence-corrected chi connectivity index (χ0v) is 15.2. The van der Waals surface area contributed by atoms with Crippen LogP contribution in [0.3, 0.4) is 0 Å². The van der Waals surface area contributed by atoms with Gasteiger partial charge in [0.15, 0.2) is 0 Å². The van der Waals surface area contributed by atoms with E-state index in [0.29, 0.717) is 11.5 Å². The van der Waals surface area contributed by atoms with Crippen LogP contribution >= 0.6 is 0 Å². The normalized spacial score (nSPS) is 16.1. The highest BCUT2D eigenvalue weighted by Crippen LogP contribution is 2.21. The van der Waals surface area contributed by atoms with E-state index >= 15 is 0 Å². The Labute approximate surface area is 150 Å². The fraction of sp³-hybridized carbons (Fsp3) is 0.500. The molecule has 0 bridgehead atoms. The molecule has 25 heavy (non-hydrogen) atoms. The van der Waals surface area contributed by atoms with Gasteiger partial charge < -0.3 is 4.90 Å². The molecule has 1 saturated heterocycles. The number of carbonyl (C=O) groups excluding carboxylic acids is 1. The van der Waals surface area contributed by atoms with E-state index in [4.69, 9.17) is 0 Å². The van der Waals surface area contributed by atoms with Crippen LogP contribution in [0.5, 0.6) is 0 Å². The number of nitrogens with one attached hydrogen (secondary N) is 1. The van der Waals surface area contributed by atoms with Crippen molar-refractivity contribution in [1.82, 2.24) is 20.0 Å². The van der Waals surface area contributed by atoms with Gasteiger partial charge in [0, 0.05) is 25.8 Å². The Balaban J connectivity index is 1.47. The number of hydrogen-bond acceptors (Lipinski definition) is 3. The van der Waals surface area contributed by atoms with Crippen LogP contribution < -0.4 is 0 Å². The molecule has 0 spiro atoms. The van der Waals surface area contributed by atoms with Crippen LogP contribution in [0.15, 0.2) is 36.5 Å². The van der Waals surface area contributed by atoms with Crippen molar-refractivity contribution in [2.75, 3.05) is 26.7 Å². The number of aryl methyl sites for hydroxylation is 1. The molecule has 0 atom stereocenters. The lowest BCUT2D eigenvalue weighted by Gasteiger charge is -2.34. The second-order valence-electron chi connectivity index (χ2n) is 7.01. The first kappa shape index (κ1) is 17.7. The molecule has 2 heterocycles. The number of likely N-dealkylation sites (tertiary alicyclic amines) is 1. The molecule has 2 aromatic rings. The van der Waals surface area contributed by atoms with Crippen LogP contribution in [0.2, 0.25) is 0 Å². The minimum atomic E-state index is 0.0808. The Morgan fingerprint density at radius 3 is 2.68 bits per heavy atom. The molecule has 1 amide bonds. The first-order valence-corrected chi connectivity index (χ1v) is 9.21. The molecule has 0 saturated carbocycles. The van der Waals surface area contributed by atoms with Crippen LogP contribution in [-0.2, 0) is 13.0 Å². The van der Waals surface area contributed by atoms with Crippen LogP contribution in [-0.4, -0.2) is 52.6 Å². The van der Waals surface area contributed by atoms with Gasteiger partial charge in [-0.2, -0.15) is 5.10 Å². The molecular formula is C20H28N4O. The Morgan fingerprint density at radius 2 is 2.00 bits per heavy atom. The molecule has 1 N–H and O–H groups in total. The number of benzene rings is 1. The summed E-state index contributed by atoms with van der Waals surface area (Å²) >= 11 is 0. The Bertz CT molecular complexity index is 674. The molecule has 1 fully saturated rings. The predicted molar refractivity (Wildman–Crippen MR) is 99.4 cm³/mol. The van der Waals surface area contributed by atoms with E-state index in [0.717, 1.165) is 51.1 Å². The van der Waals surface area contributed by atoms with Gasteiger partial charge in [0.25, 0.3) is 5.91 Å². The lowest BCUT2D eigenvalue weighted by atomic mass is 9.95. The first-order chi connectivity index (χ1) is 12.2. The molecular weight excluding hydrogens is 312 g/mol. The van der Waals surface area contributed by atoms with Crippen molar-refractivity contribution >= 4 is 5.91 Å². The minimum Gasteiger partial charge on any atom is -0.341 e. The second-order valence-corrected chi connectivity index (χ2v) is 7.01. The zero-order valence-electron chi connectivity index (χ0n) is 15.2. The van der Waals surface area contributed by atoms with E-state index < -0.39 is 0 Å². The van der Waals surface area contributed by atoms with Gasteiger partial charge in [-0.3, -0.25) is 14.8 Å². The fourth-order valence-corrected chi connectivity index (χ4v) is 3.61. The largest absolute Gasteiger partial charge is 0.341 e. The highest BCUT2D eigenvalue weighted by atomic mass is 16.2. The Morgan fingerprint density at radius 1 is 1.28 bits per heavy atom. The molecule has 1 aliphatic heterocycles. The average molecular weight is 340 g/mol. The summed E-state index contributed by atoms with van der Waals surface area (Å²) in [6, 6.07) is 10.6. The van der Waals surface area contributed by atoms with Crippen LogP contribution in [0, 0.1) is 5.92 Å². The topological polar surface area (TPSA) is 52.2 Å². The monoisotopic (exact) mass is 340 g/mol. The van der Waals surface area contributed by atoms with E-state index in [1.54, 1.807) is 6.20 Å². The standard InChI is InChI=1S/C20H28N4O/c1-3-19-18(13-21-22-19)20(25)23(2)14-17-9-11-24(12-10-17)15-16-7-5-4-6-8-16/h4-8,13,17H,3,9-12,14-15H2,1-2H3,(H,21,22).